The molecule has 0 aromatic heterocycles. The molecule has 0 fully saturated rings. The highest BCUT2D eigenvalue weighted by molar-refractivity contribution is 5.81. The molecule has 0 radical (unpaired) electrons. The van der Waals surface area contributed by atoms with Gasteiger partial charge in [-0.2, -0.15) is 0 Å². The first-order valence-electron chi connectivity index (χ1n) is 7.56. The first-order valence-corrected chi connectivity index (χ1v) is 7.56. The summed E-state index contributed by atoms with van der Waals surface area (Å²) >= 11 is 0. The second kappa shape index (κ2) is 8.10. The lowest BCUT2D eigenvalue weighted by Gasteiger charge is -2.16. The largest absolute Gasteiger partial charge is 0.328 e. The summed E-state index contributed by atoms with van der Waals surface area (Å²) in [4.78, 5) is 22.6. The van der Waals surface area contributed by atoms with Crippen LogP contribution in [-0.2, 0) is 9.59 Å². The van der Waals surface area contributed by atoms with Gasteiger partial charge >= 0.3 is 0 Å². The Balaban J connectivity index is 2.10. The van der Waals surface area contributed by atoms with E-state index in [1.54, 1.807) is 0 Å². The Morgan fingerprint density at radius 1 is 0.957 bits per heavy atom. The third-order valence-corrected chi connectivity index (χ3v) is 3.51. The number of benzene rings is 2. The average molecular weight is 312 g/mol. The van der Waals surface area contributed by atoms with Gasteiger partial charge in [0.25, 0.3) is 5.91 Å². The fourth-order valence-electron chi connectivity index (χ4n) is 2.33. The molecule has 4 N–H and O–H groups in total. The second-order valence-electron chi connectivity index (χ2n) is 5.47. The van der Waals surface area contributed by atoms with Gasteiger partial charge in [0.1, 0.15) is 6.04 Å². The van der Waals surface area contributed by atoms with Crippen molar-refractivity contribution >= 4 is 11.8 Å². The Hall–Kier alpha value is -2.66. The fourth-order valence-corrected chi connectivity index (χ4v) is 2.33. The van der Waals surface area contributed by atoms with Crippen LogP contribution in [-0.4, -0.2) is 18.4 Å². The van der Waals surface area contributed by atoms with Crippen molar-refractivity contribution < 1.29 is 14.9 Å². The van der Waals surface area contributed by atoms with Crippen molar-refractivity contribution in [3.05, 3.63) is 71.3 Å². The minimum absolute atomic E-state index is 0.0277. The van der Waals surface area contributed by atoms with Gasteiger partial charge in [-0.1, -0.05) is 60.2 Å². The molecule has 0 aliphatic heterocycles. The topological polar surface area (TPSA) is 74.8 Å². The van der Waals surface area contributed by atoms with Crippen LogP contribution in [0.1, 0.15) is 29.7 Å². The van der Waals surface area contributed by atoms with Crippen LogP contribution in [0, 0.1) is 6.92 Å². The van der Waals surface area contributed by atoms with Gasteiger partial charge in [-0.25, -0.2) is 0 Å². The molecule has 0 spiro atoms. The van der Waals surface area contributed by atoms with Crippen LogP contribution in [0.25, 0.3) is 0 Å². The van der Waals surface area contributed by atoms with E-state index in [1.165, 1.54) is 12.5 Å². The van der Waals surface area contributed by atoms with Crippen LogP contribution in [0.5, 0.6) is 0 Å². The van der Waals surface area contributed by atoms with Gasteiger partial charge in [0.05, 0.1) is 0 Å². The molecule has 23 heavy (non-hydrogen) atoms. The molecule has 2 rings (SSSR count). The number of hydrazine groups is 1. The third kappa shape index (κ3) is 5.23. The van der Waals surface area contributed by atoms with Crippen molar-refractivity contribution in [2.75, 3.05) is 6.54 Å². The summed E-state index contributed by atoms with van der Waals surface area (Å²) in [6.07, 6.45) is 0. The normalized spacial score (nSPS) is 11.6. The van der Waals surface area contributed by atoms with Gasteiger partial charge in [0, 0.05) is 18.1 Å². The van der Waals surface area contributed by atoms with Gasteiger partial charge < -0.3 is 5.32 Å². The molecule has 1 atom stereocenters. The zero-order chi connectivity index (χ0) is 16.7. The number of carbonyl (C=O) groups excluding carboxylic acids is 2. The van der Waals surface area contributed by atoms with Crippen molar-refractivity contribution in [2.45, 2.75) is 19.9 Å². The quantitative estimate of drug-likeness (QED) is 0.715. The highest BCUT2D eigenvalue weighted by Gasteiger charge is 2.18. The number of carbonyl (C=O) groups is 2. The molecule has 2 aromatic rings. The minimum Gasteiger partial charge on any atom is -0.328 e. The van der Waals surface area contributed by atoms with Crippen LogP contribution in [0.15, 0.2) is 54.6 Å². The Kier molecular flexibility index (Phi) is 5.88. The molecule has 0 bridgehead atoms. The monoisotopic (exact) mass is 312 g/mol. The SMILES string of the molecule is CC(=O)NNC(=O)C[NH2+][C@@H](c1ccccc1)c1ccc(C)cc1. The van der Waals surface area contributed by atoms with Crippen molar-refractivity contribution in [1.82, 2.24) is 10.9 Å². The molecule has 0 aliphatic rings. The standard InChI is InChI=1S/C18H21N3O2/c1-13-8-10-16(11-9-13)18(15-6-4-3-5-7-15)19-12-17(23)21-20-14(2)22/h3-11,18-19H,12H2,1-2H3,(H,20,22)(H,21,23)/p+1/t18-/m0/s1. The van der Waals surface area contributed by atoms with Gasteiger partial charge in [-0.15, -0.1) is 0 Å². The summed E-state index contributed by atoms with van der Waals surface area (Å²) in [5.74, 6) is -0.537. The van der Waals surface area contributed by atoms with Crippen LogP contribution in [0.2, 0.25) is 0 Å². The Morgan fingerprint density at radius 3 is 2.17 bits per heavy atom. The summed E-state index contributed by atoms with van der Waals surface area (Å²) < 4.78 is 0. The summed E-state index contributed by atoms with van der Waals surface area (Å²) in [6, 6.07) is 18.4. The van der Waals surface area contributed by atoms with Gasteiger partial charge in [-0.3, -0.25) is 20.4 Å². The molecule has 5 heteroatoms. The fraction of sp³-hybridized carbons (Fsp3) is 0.222. The van der Waals surface area contributed by atoms with E-state index in [2.05, 4.69) is 35.1 Å². The van der Waals surface area contributed by atoms with Crippen LogP contribution >= 0.6 is 0 Å². The molecule has 2 aromatic carbocycles. The maximum atomic E-state index is 11.8. The number of hydrogen-bond acceptors (Lipinski definition) is 2. The Bertz CT molecular complexity index is 654. The molecule has 0 saturated heterocycles. The van der Waals surface area contributed by atoms with Crippen LogP contribution < -0.4 is 16.2 Å². The van der Waals surface area contributed by atoms with Crippen molar-refractivity contribution in [3.8, 4) is 0 Å². The number of rotatable bonds is 5. The lowest BCUT2D eigenvalue weighted by molar-refractivity contribution is -0.676. The molecular formula is C18H22N3O2+. The van der Waals surface area contributed by atoms with Crippen molar-refractivity contribution in [3.63, 3.8) is 0 Å². The average Bonchev–Trinajstić information content (AvgIpc) is 2.55. The zero-order valence-electron chi connectivity index (χ0n) is 13.4. The number of nitrogens with one attached hydrogen (secondary N) is 2. The number of nitrogens with two attached hydrogens (primary N) is 1. The van der Waals surface area contributed by atoms with Crippen molar-refractivity contribution in [2.24, 2.45) is 0 Å². The predicted octanol–water partition coefficient (Wildman–Crippen LogP) is 0.815. The van der Waals surface area contributed by atoms with E-state index >= 15 is 0 Å². The highest BCUT2D eigenvalue weighted by Crippen LogP contribution is 2.18. The molecule has 0 heterocycles. The van der Waals surface area contributed by atoms with E-state index in [4.69, 9.17) is 0 Å². The van der Waals surface area contributed by atoms with Crippen molar-refractivity contribution in [1.29, 1.82) is 0 Å². The first-order chi connectivity index (χ1) is 11.1. The summed E-state index contributed by atoms with van der Waals surface area (Å²) in [5.41, 5.74) is 8.14. The van der Waals surface area contributed by atoms with Gasteiger partial charge in [-0.05, 0) is 6.92 Å². The minimum atomic E-state index is -0.295. The van der Waals surface area contributed by atoms with E-state index in [-0.39, 0.29) is 24.4 Å². The summed E-state index contributed by atoms with van der Waals surface area (Å²) in [7, 11) is 0. The maximum absolute atomic E-state index is 11.8. The lowest BCUT2D eigenvalue weighted by Crippen LogP contribution is -2.88. The smallest absolute Gasteiger partial charge is 0.293 e. The van der Waals surface area contributed by atoms with Gasteiger partial charge in [0.15, 0.2) is 6.54 Å². The second-order valence-corrected chi connectivity index (χ2v) is 5.47. The van der Waals surface area contributed by atoms with Crippen LogP contribution in [0.3, 0.4) is 0 Å². The van der Waals surface area contributed by atoms with E-state index in [0.717, 1.165) is 11.1 Å². The van der Waals surface area contributed by atoms with E-state index in [1.807, 2.05) is 42.6 Å². The molecule has 2 amide bonds. The number of hydrogen-bond donors (Lipinski definition) is 3. The number of amides is 2. The van der Waals surface area contributed by atoms with Gasteiger partial charge in [0.2, 0.25) is 5.91 Å². The lowest BCUT2D eigenvalue weighted by atomic mass is 9.98. The molecular weight excluding hydrogens is 290 g/mol. The Morgan fingerprint density at radius 2 is 1.57 bits per heavy atom. The Labute approximate surface area is 136 Å². The maximum Gasteiger partial charge on any atom is 0.293 e. The summed E-state index contributed by atoms with van der Waals surface area (Å²) in [5, 5.41) is 1.96. The number of aryl methyl sites for hydroxylation is 1. The van der Waals surface area contributed by atoms with E-state index in [0.29, 0.717) is 0 Å². The first kappa shape index (κ1) is 16.7. The molecule has 0 unspecified atom stereocenters. The summed E-state index contributed by atoms with van der Waals surface area (Å²) in [6.45, 7) is 3.61. The highest BCUT2D eigenvalue weighted by atomic mass is 16.2. The molecule has 0 aliphatic carbocycles. The molecule has 0 saturated carbocycles. The third-order valence-electron chi connectivity index (χ3n) is 3.51. The van der Waals surface area contributed by atoms with E-state index in [9.17, 15) is 9.59 Å². The molecule has 5 nitrogen and oxygen atoms in total. The zero-order valence-corrected chi connectivity index (χ0v) is 13.4. The van der Waals surface area contributed by atoms with Crippen LogP contribution in [0.4, 0.5) is 0 Å². The number of quaternary nitrogens is 1. The predicted molar refractivity (Wildman–Crippen MR) is 88.2 cm³/mol. The van der Waals surface area contributed by atoms with E-state index < -0.39 is 0 Å². The molecule has 120 valence electrons.